The summed E-state index contributed by atoms with van der Waals surface area (Å²) in [6.45, 7) is 7.26. The van der Waals surface area contributed by atoms with Crippen molar-refractivity contribution in [2.75, 3.05) is 33.0 Å². The van der Waals surface area contributed by atoms with Crippen LogP contribution < -0.4 is 0 Å². The predicted octanol–water partition coefficient (Wildman–Crippen LogP) is 2.19. The van der Waals surface area contributed by atoms with E-state index < -0.39 is 0 Å². The maximum atomic E-state index is 8.53. The molecular weight excluding hydrogens is 192 g/mol. The molecule has 0 aromatic carbocycles. The Labute approximate surface area is 93.8 Å². The van der Waals surface area contributed by atoms with Crippen LogP contribution >= 0.6 is 0 Å². The van der Waals surface area contributed by atoms with Gasteiger partial charge in [0.05, 0.1) is 0 Å². The summed E-state index contributed by atoms with van der Waals surface area (Å²) in [5, 5.41) is 8.53. The molecule has 0 saturated carbocycles. The second-order valence-corrected chi connectivity index (χ2v) is 3.57. The molecule has 1 N–H and O–H groups in total. The highest BCUT2D eigenvalue weighted by Gasteiger charge is 1.91. The highest BCUT2D eigenvalue weighted by atomic mass is 16.5. The number of rotatable bonds is 12. The molecule has 0 aliphatic carbocycles. The maximum absolute atomic E-state index is 8.53. The molecular formula is C12H25O3. The van der Waals surface area contributed by atoms with E-state index in [1.54, 1.807) is 0 Å². The van der Waals surface area contributed by atoms with E-state index in [9.17, 15) is 0 Å². The second kappa shape index (κ2) is 13.9. The van der Waals surface area contributed by atoms with Crippen molar-refractivity contribution in [1.82, 2.24) is 0 Å². The molecule has 1 radical (unpaired) electrons. The fourth-order valence-electron chi connectivity index (χ4n) is 1.13. The molecule has 0 aromatic rings. The topological polar surface area (TPSA) is 38.7 Å². The number of hydrogen-bond acceptors (Lipinski definition) is 3. The molecule has 0 atom stereocenters. The van der Waals surface area contributed by atoms with E-state index in [1.165, 1.54) is 0 Å². The first-order valence-corrected chi connectivity index (χ1v) is 5.97. The Morgan fingerprint density at radius 2 is 1.20 bits per heavy atom. The molecule has 0 bridgehead atoms. The van der Waals surface area contributed by atoms with Crippen LogP contribution in [0, 0.1) is 6.92 Å². The number of ether oxygens (including phenoxy) is 2. The minimum atomic E-state index is 0.267. The third-order valence-corrected chi connectivity index (χ3v) is 2.06. The van der Waals surface area contributed by atoms with Crippen molar-refractivity contribution in [2.24, 2.45) is 0 Å². The van der Waals surface area contributed by atoms with Gasteiger partial charge in [-0.2, -0.15) is 0 Å². The lowest BCUT2D eigenvalue weighted by molar-refractivity contribution is 0.0984. The van der Waals surface area contributed by atoms with Crippen LogP contribution in [0.5, 0.6) is 0 Å². The van der Waals surface area contributed by atoms with Gasteiger partial charge in [-0.15, -0.1) is 0 Å². The zero-order valence-electron chi connectivity index (χ0n) is 9.75. The van der Waals surface area contributed by atoms with Crippen molar-refractivity contribution in [1.29, 1.82) is 0 Å². The molecule has 15 heavy (non-hydrogen) atoms. The van der Waals surface area contributed by atoms with Gasteiger partial charge in [-0.25, -0.2) is 0 Å². The van der Waals surface area contributed by atoms with Crippen LogP contribution in [-0.4, -0.2) is 38.1 Å². The smallest absolute Gasteiger partial charge is 0.0466 e. The largest absolute Gasteiger partial charge is 0.396 e. The van der Waals surface area contributed by atoms with Crippen LogP contribution in [0.3, 0.4) is 0 Å². The molecule has 0 heterocycles. The van der Waals surface area contributed by atoms with Crippen LogP contribution in [0.25, 0.3) is 0 Å². The zero-order chi connectivity index (χ0) is 11.2. The van der Waals surface area contributed by atoms with Crippen LogP contribution in [0.4, 0.5) is 0 Å². The molecule has 0 aliphatic heterocycles. The molecule has 3 nitrogen and oxygen atoms in total. The van der Waals surface area contributed by atoms with E-state index in [1.807, 2.05) is 0 Å². The lowest BCUT2D eigenvalue weighted by Crippen LogP contribution is -2.01. The highest BCUT2D eigenvalue weighted by molar-refractivity contribution is 4.42. The molecule has 0 spiro atoms. The Hall–Kier alpha value is -0.120. The minimum Gasteiger partial charge on any atom is -0.396 e. The lowest BCUT2D eigenvalue weighted by atomic mass is 10.3. The van der Waals surface area contributed by atoms with Crippen molar-refractivity contribution in [3.05, 3.63) is 6.92 Å². The third kappa shape index (κ3) is 13.9. The Morgan fingerprint density at radius 1 is 0.733 bits per heavy atom. The summed E-state index contributed by atoms with van der Waals surface area (Å²) in [6, 6.07) is 0. The summed E-state index contributed by atoms with van der Waals surface area (Å²) >= 11 is 0. The van der Waals surface area contributed by atoms with Crippen molar-refractivity contribution in [3.63, 3.8) is 0 Å². The normalized spacial score (nSPS) is 10.8. The summed E-state index contributed by atoms with van der Waals surface area (Å²) in [6.07, 6.45) is 5.93. The first-order valence-electron chi connectivity index (χ1n) is 5.97. The van der Waals surface area contributed by atoms with Crippen LogP contribution in [0.1, 0.15) is 38.5 Å². The molecule has 0 unspecified atom stereocenters. The molecule has 0 aromatic heterocycles. The summed E-state index contributed by atoms with van der Waals surface area (Å²) in [4.78, 5) is 0. The van der Waals surface area contributed by atoms with Crippen molar-refractivity contribution in [3.8, 4) is 0 Å². The zero-order valence-corrected chi connectivity index (χ0v) is 9.75. The fraction of sp³-hybridized carbons (Fsp3) is 0.917. The summed E-state index contributed by atoms with van der Waals surface area (Å²) < 4.78 is 10.8. The summed E-state index contributed by atoms with van der Waals surface area (Å²) in [7, 11) is 0. The molecule has 0 saturated heterocycles. The van der Waals surface area contributed by atoms with Gasteiger partial charge in [-0.05, 0) is 32.1 Å². The van der Waals surface area contributed by atoms with E-state index >= 15 is 0 Å². The number of hydrogen-bond donors (Lipinski definition) is 1. The number of aliphatic hydroxyl groups excluding tert-OH is 1. The van der Waals surface area contributed by atoms with E-state index in [4.69, 9.17) is 14.6 Å². The Kier molecular flexibility index (Phi) is 13.8. The van der Waals surface area contributed by atoms with Gasteiger partial charge in [-0.1, -0.05) is 13.3 Å². The van der Waals surface area contributed by atoms with Crippen molar-refractivity contribution >= 4 is 0 Å². The standard InChI is InChI=1S/C12H25O3/c1-2-3-9-14-11-6-7-12-15-10-5-4-8-13/h13H,1-12H2. The lowest BCUT2D eigenvalue weighted by Gasteiger charge is -2.04. The van der Waals surface area contributed by atoms with Crippen LogP contribution in [0.2, 0.25) is 0 Å². The fourth-order valence-corrected chi connectivity index (χ4v) is 1.13. The van der Waals surface area contributed by atoms with Crippen molar-refractivity contribution < 1.29 is 14.6 Å². The van der Waals surface area contributed by atoms with Crippen LogP contribution in [0.15, 0.2) is 0 Å². The highest BCUT2D eigenvalue weighted by Crippen LogP contribution is 1.95. The maximum Gasteiger partial charge on any atom is 0.0466 e. The van der Waals surface area contributed by atoms with Crippen LogP contribution in [-0.2, 0) is 9.47 Å². The average molecular weight is 217 g/mol. The van der Waals surface area contributed by atoms with Gasteiger partial charge in [-0.3, -0.25) is 0 Å². The minimum absolute atomic E-state index is 0.267. The molecule has 3 heteroatoms. The van der Waals surface area contributed by atoms with Gasteiger partial charge < -0.3 is 14.6 Å². The molecule has 91 valence electrons. The Morgan fingerprint density at radius 3 is 1.67 bits per heavy atom. The van der Waals surface area contributed by atoms with Gasteiger partial charge in [0.15, 0.2) is 0 Å². The van der Waals surface area contributed by atoms with E-state index in [-0.39, 0.29) is 6.61 Å². The van der Waals surface area contributed by atoms with Gasteiger partial charge >= 0.3 is 0 Å². The van der Waals surface area contributed by atoms with Gasteiger partial charge in [0, 0.05) is 33.0 Å². The SMILES string of the molecule is [CH2]CCCOCCCCOCCCCO. The molecule has 0 fully saturated rings. The van der Waals surface area contributed by atoms with E-state index in [0.717, 1.165) is 65.0 Å². The quantitative estimate of drug-likeness (QED) is 0.509. The van der Waals surface area contributed by atoms with Gasteiger partial charge in [0.1, 0.15) is 0 Å². The first-order chi connectivity index (χ1) is 7.41. The number of aliphatic hydroxyl groups is 1. The third-order valence-electron chi connectivity index (χ3n) is 2.06. The monoisotopic (exact) mass is 217 g/mol. The number of unbranched alkanes of at least 4 members (excludes halogenated alkanes) is 3. The molecule has 0 amide bonds. The Balaban J connectivity index is 2.81. The van der Waals surface area contributed by atoms with E-state index in [2.05, 4.69) is 6.92 Å². The van der Waals surface area contributed by atoms with Crippen molar-refractivity contribution in [2.45, 2.75) is 38.5 Å². The predicted molar refractivity (Wildman–Crippen MR) is 61.8 cm³/mol. The molecule has 0 aliphatic rings. The second-order valence-electron chi connectivity index (χ2n) is 3.57. The van der Waals surface area contributed by atoms with Gasteiger partial charge in [0.2, 0.25) is 0 Å². The average Bonchev–Trinajstić information content (AvgIpc) is 2.26. The summed E-state index contributed by atoms with van der Waals surface area (Å²) in [5.41, 5.74) is 0. The Bertz CT molecular complexity index is 95.0. The summed E-state index contributed by atoms with van der Waals surface area (Å²) in [5.74, 6) is 0. The molecule has 0 rings (SSSR count). The first kappa shape index (κ1) is 14.9. The van der Waals surface area contributed by atoms with Gasteiger partial charge in [0.25, 0.3) is 0 Å². The van der Waals surface area contributed by atoms with E-state index in [0.29, 0.717) is 0 Å².